The lowest BCUT2D eigenvalue weighted by atomic mass is 9.83. The number of primary amides is 1. The van der Waals surface area contributed by atoms with Crippen molar-refractivity contribution in [2.24, 2.45) is 22.6 Å². The maximum Gasteiger partial charge on any atom is 0.351 e. The second kappa shape index (κ2) is 26.3. The number of oxazole rings is 1. The molecule has 1 aliphatic carbocycles. The quantitative estimate of drug-likeness (QED) is 0.0619. The maximum absolute atomic E-state index is 15.3. The number of aliphatic carboxylic acids is 1. The number of thiazole rings is 4. The van der Waals surface area contributed by atoms with Crippen molar-refractivity contribution in [1.29, 1.82) is 0 Å². The number of carboxylic acid groups (broad SMARTS) is 1. The summed E-state index contributed by atoms with van der Waals surface area (Å²) in [6.45, 7) is 10.2. The fourth-order valence-electron chi connectivity index (χ4n) is 10.5. The molecule has 8 unspecified atom stereocenters. The molecule has 2 aromatic carbocycles. The summed E-state index contributed by atoms with van der Waals surface area (Å²) in [6, 6.07) is 14.7. The van der Waals surface area contributed by atoms with Crippen LogP contribution >= 0.6 is 57.1 Å². The number of aromatic nitrogens is 6. The largest absolute Gasteiger partial charge is 0.508 e. The van der Waals surface area contributed by atoms with Gasteiger partial charge in [0.15, 0.2) is 11.5 Å². The third-order valence-corrected chi connectivity index (χ3v) is 19.9. The number of benzene rings is 2. The third kappa shape index (κ3) is 13.6. The van der Waals surface area contributed by atoms with Gasteiger partial charge in [-0.25, -0.2) is 34.7 Å². The Morgan fingerprint density at radius 3 is 2.21 bits per heavy atom. The van der Waals surface area contributed by atoms with Crippen molar-refractivity contribution in [3.8, 4) is 49.2 Å². The van der Waals surface area contributed by atoms with E-state index >= 15 is 4.79 Å². The van der Waals surface area contributed by atoms with Gasteiger partial charge in [0, 0.05) is 34.0 Å². The second-order valence-electron chi connectivity index (χ2n) is 21.3. The molecule has 90 heavy (non-hydrogen) atoms. The van der Waals surface area contributed by atoms with E-state index in [4.69, 9.17) is 35.2 Å². The summed E-state index contributed by atoms with van der Waals surface area (Å²) in [7, 11) is 0. The number of carboxylic acids is 1. The molecule has 3 aliphatic rings. The third-order valence-electron chi connectivity index (χ3n) is 14.9. The number of hydrogen-bond acceptors (Lipinski definition) is 23. The predicted molar refractivity (Wildman–Crippen MR) is 335 cm³/mol. The monoisotopic (exact) mass is 1310 g/mol. The van der Waals surface area contributed by atoms with Crippen LogP contribution in [0.1, 0.15) is 90.1 Å². The number of nitrogens with two attached hydrogens (primary N) is 1. The molecule has 25 nitrogen and oxygen atoms in total. The highest BCUT2D eigenvalue weighted by Gasteiger charge is 2.49. The molecule has 30 heteroatoms. The Morgan fingerprint density at radius 1 is 0.744 bits per heavy atom. The molecule has 10 N–H and O–H groups in total. The first-order valence-corrected chi connectivity index (χ1v) is 32.1. The van der Waals surface area contributed by atoms with E-state index in [0.717, 1.165) is 28.2 Å². The summed E-state index contributed by atoms with van der Waals surface area (Å²) >= 11 is 5.78. The normalized spacial score (nSPS) is 21.0. The molecular formula is C60H53N13O12S5. The van der Waals surface area contributed by atoms with Gasteiger partial charge >= 0.3 is 5.97 Å². The molecule has 11 rings (SSSR count). The number of hydrogen-bond donors (Lipinski definition) is 9. The minimum absolute atomic E-state index is 0.00577. The summed E-state index contributed by atoms with van der Waals surface area (Å²) in [5, 5.41) is 50.8. The van der Waals surface area contributed by atoms with Crippen LogP contribution in [-0.4, -0.2) is 127 Å². The van der Waals surface area contributed by atoms with Crippen molar-refractivity contribution in [3.05, 3.63) is 158 Å². The van der Waals surface area contributed by atoms with E-state index in [0.29, 0.717) is 31.2 Å². The number of phenolic OH excluding ortho intramolecular Hbond substituents is 1. The average Bonchev–Trinajstić information content (AvgIpc) is 1.69. The first kappa shape index (κ1) is 62.2. The molecule has 8 heterocycles. The van der Waals surface area contributed by atoms with Crippen molar-refractivity contribution in [2.45, 2.75) is 75.7 Å². The van der Waals surface area contributed by atoms with E-state index in [1.807, 2.05) is 42.6 Å². The standard InChI is InChI=1S/C60H53N13O12S5/c1-25-16-41(75)45-44(25)59-72-40(24-89-59)55-62-20-42(90-55)47-32(14-15-33(65-47)56-69-37(21-86-56)50(79)63-26(2)49(78)64-27(3)60(83)84)54-73-46(28(4)85-54)53(82)68-36(19-43(61)76)58-71-39(23-88-58)52(81)67-35(18-29-8-6-5-7-9-29)57-70-38(22-87-57)51(80)66-34(48(45)77)17-30-10-12-31(74)13-11-30/h5-15,20-21,23-25,34-36,38,41,44-45,74-75H,2-3,16-19,22H2,1,4H3,(H2,61,76)(H,63,79)(H,64,78)(H,66,80)(H,67,81)(H,68,82)(H,83,84). The van der Waals surface area contributed by atoms with Crippen molar-refractivity contribution < 1.29 is 58.1 Å². The molecule has 6 aromatic heterocycles. The number of aryl methyl sites for hydroxylation is 1. The molecular weight excluding hydrogens is 1260 g/mol. The number of phenols is 1. The van der Waals surface area contributed by atoms with Gasteiger partial charge in [-0.05, 0) is 67.5 Å². The van der Waals surface area contributed by atoms with Gasteiger partial charge in [0.05, 0.1) is 74.1 Å². The number of aliphatic imine (C=N–C) groups is 1. The molecule has 10 bridgehead atoms. The van der Waals surface area contributed by atoms with E-state index in [9.17, 15) is 43.8 Å². The van der Waals surface area contributed by atoms with Crippen LogP contribution in [0.2, 0.25) is 0 Å². The van der Waals surface area contributed by atoms with Crippen LogP contribution in [0.15, 0.2) is 123 Å². The number of aliphatic hydroxyl groups excluding tert-OH is 1. The Hall–Kier alpha value is -9.46. The van der Waals surface area contributed by atoms with Gasteiger partial charge < -0.3 is 52.1 Å². The predicted octanol–water partition coefficient (Wildman–Crippen LogP) is 6.15. The van der Waals surface area contributed by atoms with E-state index in [1.54, 1.807) is 35.8 Å². The molecule has 6 amide bonds. The van der Waals surface area contributed by atoms with Crippen LogP contribution in [0.3, 0.4) is 0 Å². The zero-order chi connectivity index (χ0) is 63.7. The molecule has 0 spiro atoms. The number of aliphatic hydroxyl groups is 1. The van der Waals surface area contributed by atoms with E-state index in [-0.39, 0.29) is 92.4 Å². The van der Waals surface area contributed by atoms with Crippen molar-refractivity contribution in [3.63, 3.8) is 0 Å². The fraction of sp³-hybridized carbons (Fsp3) is 0.250. The van der Waals surface area contributed by atoms with Crippen molar-refractivity contribution >= 4 is 109 Å². The van der Waals surface area contributed by atoms with Crippen LogP contribution in [0.5, 0.6) is 5.75 Å². The summed E-state index contributed by atoms with van der Waals surface area (Å²) < 4.78 is 6.22. The average molecular weight is 1310 g/mol. The van der Waals surface area contributed by atoms with Gasteiger partial charge in [0.1, 0.15) is 55.4 Å². The number of Topliss-reactive ketones (excluding diaryl/α,β-unsaturated/α-hetero) is 1. The number of aromatic hydroxyl groups is 1. The number of nitrogens with one attached hydrogen (secondary N) is 5. The number of carbonyl (C=O) groups is 8. The van der Waals surface area contributed by atoms with Gasteiger partial charge in [-0.15, -0.1) is 57.1 Å². The smallest absolute Gasteiger partial charge is 0.351 e. The highest BCUT2D eigenvalue weighted by Crippen LogP contribution is 2.48. The number of nitrogens with zero attached hydrogens (tertiary/aromatic N) is 7. The van der Waals surface area contributed by atoms with Gasteiger partial charge in [-0.3, -0.25) is 38.6 Å². The lowest BCUT2D eigenvalue weighted by Gasteiger charge is -2.27. The second-order valence-corrected chi connectivity index (χ2v) is 26.0. The molecule has 2 aliphatic heterocycles. The Morgan fingerprint density at radius 2 is 1.46 bits per heavy atom. The summed E-state index contributed by atoms with van der Waals surface area (Å²) in [5.74, 6) is -8.19. The number of ketones is 1. The van der Waals surface area contributed by atoms with Gasteiger partial charge in [0.25, 0.3) is 23.6 Å². The Bertz CT molecular complexity index is 4230. The minimum Gasteiger partial charge on any atom is -0.508 e. The SMILES string of the molecule is C=C(NC(=O)C(=C)NC(=O)c1csc(-c2ccc3c(n2)-c2cnc(s2)-c2csc(n2)C2C(C)CC(O)C2C(=O)C(Cc2ccc(O)cc2)NC(=O)C2CSC(=N2)C(Cc2ccccc2)NC(=O)c2csc(n2)C(CC(N)=O)NC(=O)c2nc-3oc2C)n1)C(=O)O. The number of fused-ring (bicyclic) bond motifs is 15. The first-order chi connectivity index (χ1) is 43.1. The number of pyridine rings is 1. The lowest BCUT2D eigenvalue weighted by molar-refractivity contribution is -0.134. The molecule has 8 atom stereocenters. The van der Waals surface area contributed by atoms with Crippen molar-refractivity contribution in [1.82, 2.24) is 56.5 Å². The molecule has 460 valence electrons. The molecule has 0 saturated heterocycles. The topological polar surface area (TPSA) is 386 Å². The van der Waals surface area contributed by atoms with Crippen LogP contribution in [0, 0.1) is 18.8 Å². The van der Waals surface area contributed by atoms with Gasteiger partial charge in [-0.2, -0.15) is 0 Å². The summed E-state index contributed by atoms with van der Waals surface area (Å²) in [4.78, 5) is 142. The van der Waals surface area contributed by atoms with Gasteiger partial charge in [0.2, 0.25) is 17.7 Å². The molecule has 1 saturated carbocycles. The van der Waals surface area contributed by atoms with Crippen LogP contribution in [-0.2, 0) is 36.8 Å². The maximum atomic E-state index is 15.3. The highest BCUT2D eigenvalue weighted by atomic mass is 32.2. The summed E-state index contributed by atoms with van der Waals surface area (Å²) in [6.07, 6.45) is 0.551. The molecule has 1 fully saturated rings. The van der Waals surface area contributed by atoms with E-state index < -0.39 is 107 Å². The van der Waals surface area contributed by atoms with Crippen LogP contribution in [0.4, 0.5) is 0 Å². The molecule has 0 radical (unpaired) electrons. The number of amides is 6. The van der Waals surface area contributed by atoms with Crippen LogP contribution in [0.25, 0.3) is 43.4 Å². The van der Waals surface area contributed by atoms with E-state index in [1.165, 1.54) is 64.3 Å². The zero-order valence-electron chi connectivity index (χ0n) is 47.5. The Balaban J connectivity index is 0.983. The number of rotatable bonds is 12. The van der Waals surface area contributed by atoms with Gasteiger partial charge in [-0.1, -0.05) is 62.5 Å². The number of carbonyl (C=O) groups excluding carboxylic acids is 7. The first-order valence-electron chi connectivity index (χ1n) is 27.6. The number of thioether (sulfide) groups is 1. The highest BCUT2D eigenvalue weighted by molar-refractivity contribution is 8.14. The van der Waals surface area contributed by atoms with E-state index in [2.05, 4.69) is 49.4 Å². The van der Waals surface area contributed by atoms with Crippen molar-refractivity contribution in [2.75, 3.05) is 5.75 Å². The fourth-order valence-corrected chi connectivity index (χ4v) is 15.3. The summed E-state index contributed by atoms with van der Waals surface area (Å²) in [5.41, 5.74) is 6.94. The minimum atomic E-state index is -1.49. The zero-order valence-corrected chi connectivity index (χ0v) is 51.6. The lowest BCUT2D eigenvalue weighted by Crippen LogP contribution is -2.50. The van der Waals surface area contributed by atoms with Crippen LogP contribution < -0.4 is 32.3 Å². The molecule has 8 aromatic rings. The Kier molecular flexibility index (Phi) is 18.2. The Labute approximate surface area is 531 Å².